The predicted octanol–water partition coefficient (Wildman–Crippen LogP) is 2.20. The summed E-state index contributed by atoms with van der Waals surface area (Å²) in [6, 6.07) is 6.64. The molecule has 1 atom stereocenters. The van der Waals surface area contributed by atoms with Crippen molar-refractivity contribution in [2.45, 2.75) is 43.0 Å². The number of likely N-dealkylation sites (tertiary alicyclic amines) is 1. The molecule has 1 unspecified atom stereocenters. The molecule has 4 rings (SSSR count). The Bertz CT molecular complexity index is 1330. The van der Waals surface area contributed by atoms with E-state index in [0.29, 0.717) is 39.0 Å². The first-order chi connectivity index (χ1) is 19.6. The van der Waals surface area contributed by atoms with Gasteiger partial charge in [-0.2, -0.15) is 0 Å². The van der Waals surface area contributed by atoms with E-state index in [1.807, 2.05) is 12.1 Å². The number of carbonyl (C=O) groups is 3. The van der Waals surface area contributed by atoms with Gasteiger partial charge in [0, 0.05) is 56.7 Å². The van der Waals surface area contributed by atoms with Crippen molar-refractivity contribution in [3.8, 4) is 0 Å². The van der Waals surface area contributed by atoms with E-state index >= 15 is 0 Å². The number of anilines is 1. The first-order valence-corrected chi connectivity index (χ1v) is 15.8. The molecule has 1 aromatic carbocycles. The molecule has 2 saturated heterocycles. The van der Waals surface area contributed by atoms with Gasteiger partial charge in [0.05, 0.1) is 21.5 Å². The van der Waals surface area contributed by atoms with Crippen LogP contribution < -0.4 is 20.3 Å². The van der Waals surface area contributed by atoms with Crippen molar-refractivity contribution in [3.63, 3.8) is 0 Å². The van der Waals surface area contributed by atoms with Crippen LogP contribution in [0.2, 0.25) is 10.0 Å². The number of pyridine rings is 1. The van der Waals surface area contributed by atoms with Gasteiger partial charge in [0.1, 0.15) is 6.04 Å². The van der Waals surface area contributed by atoms with Crippen molar-refractivity contribution < 1.29 is 22.8 Å². The number of benzene rings is 1. The minimum Gasteiger partial charge on any atom is -0.371 e. The molecule has 1 aromatic heterocycles. The second-order valence-electron chi connectivity index (χ2n) is 10.1. The fraction of sp³-hybridized carbons (Fsp3) is 0.481. The molecule has 0 aliphatic carbocycles. The van der Waals surface area contributed by atoms with E-state index in [-0.39, 0.29) is 39.2 Å². The summed E-state index contributed by atoms with van der Waals surface area (Å²) in [7, 11) is -4.06. The zero-order valence-electron chi connectivity index (χ0n) is 22.5. The third kappa shape index (κ3) is 8.54. The van der Waals surface area contributed by atoms with E-state index in [2.05, 4.69) is 25.2 Å². The smallest absolute Gasteiger partial charge is 0.246 e. The number of halogens is 2. The van der Waals surface area contributed by atoms with E-state index < -0.39 is 28.5 Å². The van der Waals surface area contributed by atoms with Crippen molar-refractivity contribution in [2.75, 3.05) is 44.2 Å². The second kappa shape index (κ2) is 14.3. The van der Waals surface area contributed by atoms with Crippen LogP contribution in [0.3, 0.4) is 0 Å². The van der Waals surface area contributed by atoms with Crippen LogP contribution in [0, 0.1) is 5.92 Å². The maximum absolute atomic E-state index is 13.3. The van der Waals surface area contributed by atoms with Crippen LogP contribution in [0.15, 0.2) is 47.6 Å². The number of carbonyl (C=O) groups excluding carboxylic acids is 3. The molecule has 0 spiro atoms. The van der Waals surface area contributed by atoms with Gasteiger partial charge in [-0.3, -0.25) is 19.4 Å². The number of nitrogens with one attached hydrogen (secondary N) is 3. The first-order valence-electron chi connectivity index (χ1n) is 13.6. The number of aromatic nitrogens is 1. The summed E-state index contributed by atoms with van der Waals surface area (Å²) in [5, 5.41) is 5.72. The van der Waals surface area contributed by atoms with Crippen LogP contribution in [-0.2, 0) is 24.4 Å². The van der Waals surface area contributed by atoms with E-state index in [1.165, 1.54) is 18.2 Å². The first kappa shape index (κ1) is 31.0. The summed E-state index contributed by atoms with van der Waals surface area (Å²) < 4.78 is 27.5. The summed E-state index contributed by atoms with van der Waals surface area (Å²) in [6.45, 7) is 1.87. The van der Waals surface area contributed by atoms with Crippen LogP contribution in [0.5, 0.6) is 0 Å². The highest BCUT2D eigenvalue weighted by Gasteiger charge is 2.30. The number of rotatable bonds is 10. The quantitative estimate of drug-likeness (QED) is 0.368. The Morgan fingerprint density at radius 3 is 2.29 bits per heavy atom. The number of hydrogen-bond acceptors (Lipinski definition) is 7. The summed E-state index contributed by atoms with van der Waals surface area (Å²) in [5.41, 5.74) is 1.06. The SMILES string of the molecule is O=C(CNS(=O)(=O)c1ccc(Cl)c(Cl)c1)NC(CNC(=O)C1CCN(c2ccncc2)CC1)C(=O)N1CCCCC1. The molecule has 0 bridgehead atoms. The molecule has 14 heteroatoms. The second-order valence-corrected chi connectivity index (χ2v) is 12.7. The normalized spacial score (nSPS) is 17.1. The summed E-state index contributed by atoms with van der Waals surface area (Å²) in [5.74, 6) is -1.40. The minimum absolute atomic E-state index is 0.0602. The van der Waals surface area contributed by atoms with Crippen LogP contribution in [0.4, 0.5) is 5.69 Å². The minimum atomic E-state index is -4.06. The Labute approximate surface area is 250 Å². The third-order valence-electron chi connectivity index (χ3n) is 7.30. The molecule has 41 heavy (non-hydrogen) atoms. The lowest BCUT2D eigenvalue weighted by Crippen LogP contribution is -2.56. The zero-order chi connectivity index (χ0) is 29.4. The lowest BCUT2D eigenvalue weighted by molar-refractivity contribution is -0.137. The van der Waals surface area contributed by atoms with Gasteiger partial charge < -0.3 is 20.4 Å². The molecule has 3 N–H and O–H groups in total. The average Bonchev–Trinajstić information content (AvgIpc) is 3.00. The number of nitrogens with zero attached hydrogens (tertiary/aromatic N) is 3. The Morgan fingerprint density at radius 1 is 0.951 bits per heavy atom. The molecule has 222 valence electrons. The van der Waals surface area contributed by atoms with Gasteiger partial charge in [0.15, 0.2) is 0 Å². The van der Waals surface area contributed by atoms with E-state index in [0.717, 1.165) is 24.9 Å². The molecule has 2 aromatic rings. The standard InChI is InChI=1S/C27H34Cl2N6O5S/c28-22-5-4-21(16-23(22)29)41(39,40)32-18-25(36)33-24(27(38)35-12-2-1-3-13-35)17-31-26(37)19-8-14-34(15-9-19)20-6-10-30-11-7-20/h4-7,10-11,16,19,24,32H,1-3,8-9,12-15,17-18H2,(H,31,37)(H,33,36). The fourth-order valence-electron chi connectivity index (χ4n) is 4.97. The lowest BCUT2D eigenvalue weighted by atomic mass is 9.95. The Balaban J connectivity index is 1.33. The van der Waals surface area contributed by atoms with E-state index in [1.54, 1.807) is 17.3 Å². The third-order valence-corrected chi connectivity index (χ3v) is 9.44. The average molecular weight is 626 g/mol. The van der Waals surface area contributed by atoms with Crippen molar-refractivity contribution in [1.29, 1.82) is 0 Å². The molecule has 2 aliphatic heterocycles. The number of sulfonamides is 1. The van der Waals surface area contributed by atoms with Gasteiger partial charge in [-0.15, -0.1) is 0 Å². The summed E-state index contributed by atoms with van der Waals surface area (Å²) in [6.07, 6.45) is 7.52. The maximum Gasteiger partial charge on any atom is 0.246 e. The molecule has 2 aliphatic rings. The Hall–Kier alpha value is -2.93. The zero-order valence-corrected chi connectivity index (χ0v) is 24.8. The molecule has 2 fully saturated rings. The summed E-state index contributed by atoms with van der Waals surface area (Å²) in [4.78, 5) is 46.8. The van der Waals surface area contributed by atoms with Crippen LogP contribution in [0.25, 0.3) is 0 Å². The Kier molecular flexibility index (Phi) is 10.8. The molecular formula is C27H34Cl2N6O5S. The molecule has 0 radical (unpaired) electrons. The van der Waals surface area contributed by atoms with Crippen LogP contribution in [-0.4, -0.2) is 81.3 Å². The van der Waals surface area contributed by atoms with Gasteiger partial charge in [0.25, 0.3) is 0 Å². The fourth-order valence-corrected chi connectivity index (χ4v) is 6.34. The molecule has 11 nitrogen and oxygen atoms in total. The van der Waals surface area contributed by atoms with Gasteiger partial charge in [-0.25, -0.2) is 13.1 Å². The highest BCUT2D eigenvalue weighted by Crippen LogP contribution is 2.25. The predicted molar refractivity (Wildman–Crippen MR) is 156 cm³/mol. The van der Waals surface area contributed by atoms with E-state index in [9.17, 15) is 22.8 Å². The van der Waals surface area contributed by atoms with Crippen molar-refractivity contribution >= 4 is 56.6 Å². The van der Waals surface area contributed by atoms with Gasteiger partial charge in [-0.05, 0) is 62.4 Å². The van der Waals surface area contributed by atoms with Crippen molar-refractivity contribution in [2.24, 2.45) is 5.92 Å². The number of hydrogen-bond donors (Lipinski definition) is 3. The highest BCUT2D eigenvalue weighted by atomic mass is 35.5. The van der Waals surface area contributed by atoms with Crippen LogP contribution in [0.1, 0.15) is 32.1 Å². The van der Waals surface area contributed by atoms with Gasteiger partial charge in [0.2, 0.25) is 27.7 Å². The number of amides is 3. The van der Waals surface area contributed by atoms with Gasteiger partial charge in [-0.1, -0.05) is 23.2 Å². The maximum atomic E-state index is 13.3. The lowest BCUT2D eigenvalue weighted by Gasteiger charge is -2.33. The summed E-state index contributed by atoms with van der Waals surface area (Å²) >= 11 is 11.8. The van der Waals surface area contributed by atoms with Crippen LogP contribution >= 0.6 is 23.2 Å². The number of piperidine rings is 2. The highest BCUT2D eigenvalue weighted by molar-refractivity contribution is 7.89. The van der Waals surface area contributed by atoms with Crippen molar-refractivity contribution in [1.82, 2.24) is 25.2 Å². The Morgan fingerprint density at radius 2 is 1.63 bits per heavy atom. The van der Waals surface area contributed by atoms with Gasteiger partial charge >= 0.3 is 0 Å². The molecule has 3 heterocycles. The molecular weight excluding hydrogens is 591 g/mol. The van der Waals surface area contributed by atoms with Crippen molar-refractivity contribution in [3.05, 3.63) is 52.8 Å². The monoisotopic (exact) mass is 624 g/mol. The largest absolute Gasteiger partial charge is 0.371 e. The molecule has 3 amide bonds. The molecule has 0 saturated carbocycles. The van der Waals surface area contributed by atoms with E-state index in [4.69, 9.17) is 23.2 Å². The topological polar surface area (TPSA) is 141 Å².